The summed E-state index contributed by atoms with van der Waals surface area (Å²) in [7, 11) is 0. The van der Waals surface area contributed by atoms with E-state index in [2.05, 4.69) is 97.9 Å². The molecule has 0 aliphatic heterocycles. The Balaban J connectivity index is 0.00000385. The van der Waals surface area contributed by atoms with Crippen molar-refractivity contribution in [2.24, 2.45) is 11.7 Å². The van der Waals surface area contributed by atoms with Crippen LogP contribution in [-0.4, -0.2) is 5.54 Å². The first-order valence-electron chi connectivity index (χ1n) is 12.6. The van der Waals surface area contributed by atoms with Crippen molar-refractivity contribution in [2.75, 3.05) is 0 Å². The summed E-state index contributed by atoms with van der Waals surface area (Å²) in [5.74, 6) is 0.441. The van der Waals surface area contributed by atoms with Crippen LogP contribution in [0.25, 0.3) is 0 Å². The predicted octanol–water partition coefficient (Wildman–Crippen LogP) is 8.40. The van der Waals surface area contributed by atoms with Crippen LogP contribution in [-0.2, 0) is 19.3 Å². The number of halogens is 1. The third-order valence-electron chi connectivity index (χ3n) is 6.80. The van der Waals surface area contributed by atoms with Gasteiger partial charge in [0, 0.05) is 5.54 Å². The van der Waals surface area contributed by atoms with E-state index in [1.807, 2.05) is 0 Å². The lowest BCUT2D eigenvalue weighted by Crippen LogP contribution is -2.52. The summed E-state index contributed by atoms with van der Waals surface area (Å²) in [4.78, 5) is 0. The zero-order valence-corrected chi connectivity index (χ0v) is 22.6. The van der Waals surface area contributed by atoms with Gasteiger partial charge in [-0.2, -0.15) is 0 Å². The third kappa shape index (κ3) is 9.62. The largest absolute Gasteiger partial charge is 0.324 e. The fourth-order valence-corrected chi connectivity index (χ4v) is 4.97. The first-order valence-corrected chi connectivity index (χ1v) is 12.6. The highest BCUT2D eigenvalue weighted by molar-refractivity contribution is 14.0. The van der Waals surface area contributed by atoms with Crippen molar-refractivity contribution < 1.29 is 0 Å². The Kier molecular flexibility index (Phi) is 12.8. The molecule has 1 atom stereocenters. The van der Waals surface area contributed by atoms with Crippen LogP contribution in [0.3, 0.4) is 0 Å². The molecule has 0 amide bonds. The Morgan fingerprint density at radius 1 is 0.606 bits per heavy atom. The molecule has 0 saturated heterocycles. The van der Waals surface area contributed by atoms with E-state index in [9.17, 15) is 0 Å². The highest BCUT2D eigenvalue weighted by Crippen LogP contribution is 2.32. The molecule has 0 bridgehead atoms. The van der Waals surface area contributed by atoms with E-state index >= 15 is 0 Å². The van der Waals surface area contributed by atoms with Gasteiger partial charge in [-0.05, 0) is 48.3 Å². The first kappa shape index (κ1) is 27.6. The Bertz CT molecular complexity index is 822. The van der Waals surface area contributed by atoms with Gasteiger partial charge in [0.1, 0.15) is 0 Å². The molecule has 0 saturated carbocycles. The molecule has 3 aromatic rings. The monoisotopic (exact) mass is 555 g/mol. The van der Waals surface area contributed by atoms with Crippen molar-refractivity contribution in [3.05, 3.63) is 108 Å². The van der Waals surface area contributed by atoms with Crippen LogP contribution in [0.1, 0.15) is 68.6 Å². The molecule has 1 unspecified atom stereocenters. The molecule has 0 aliphatic carbocycles. The fraction of sp³-hybridized carbons (Fsp3) is 0.419. The molecule has 0 radical (unpaired) electrons. The van der Waals surface area contributed by atoms with Crippen molar-refractivity contribution in [3.8, 4) is 0 Å². The van der Waals surface area contributed by atoms with Crippen LogP contribution in [0, 0.1) is 5.92 Å². The summed E-state index contributed by atoms with van der Waals surface area (Å²) >= 11 is 0. The first-order chi connectivity index (χ1) is 15.7. The lowest BCUT2D eigenvalue weighted by molar-refractivity contribution is 0.241. The van der Waals surface area contributed by atoms with Gasteiger partial charge >= 0.3 is 0 Å². The maximum Gasteiger partial charge on any atom is 0.0267 e. The van der Waals surface area contributed by atoms with Gasteiger partial charge in [0.15, 0.2) is 0 Å². The van der Waals surface area contributed by atoms with Gasteiger partial charge in [0.2, 0.25) is 0 Å². The Labute approximate surface area is 219 Å². The molecule has 3 aromatic carbocycles. The van der Waals surface area contributed by atoms with Crippen molar-refractivity contribution in [3.63, 3.8) is 0 Å². The van der Waals surface area contributed by atoms with Gasteiger partial charge in [0.05, 0.1) is 0 Å². The number of benzene rings is 3. The second-order valence-electron chi connectivity index (χ2n) is 9.50. The van der Waals surface area contributed by atoms with Gasteiger partial charge in [-0.3, -0.25) is 0 Å². The molecule has 0 spiro atoms. The van der Waals surface area contributed by atoms with Crippen LogP contribution in [0.4, 0.5) is 0 Å². The van der Waals surface area contributed by atoms with Crippen LogP contribution < -0.4 is 5.73 Å². The molecule has 178 valence electrons. The number of hydrogen-bond donors (Lipinski definition) is 1. The average molecular weight is 556 g/mol. The zero-order valence-electron chi connectivity index (χ0n) is 20.3. The van der Waals surface area contributed by atoms with Gasteiger partial charge in [-0.1, -0.05) is 136 Å². The number of rotatable bonds is 14. The molecular weight excluding hydrogens is 513 g/mol. The predicted molar refractivity (Wildman–Crippen MR) is 154 cm³/mol. The summed E-state index contributed by atoms with van der Waals surface area (Å²) in [6, 6.07) is 32.6. The molecule has 3 rings (SSSR count). The normalized spacial score (nSPS) is 12.2. The maximum atomic E-state index is 7.42. The van der Waals surface area contributed by atoms with Gasteiger partial charge in [-0.15, -0.1) is 24.0 Å². The Morgan fingerprint density at radius 2 is 1.03 bits per heavy atom. The summed E-state index contributed by atoms with van der Waals surface area (Å²) < 4.78 is 0. The molecule has 0 heterocycles. The second-order valence-corrected chi connectivity index (χ2v) is 9.50. The van der Waals surface area contributed by atoms with Crippen molar-refractivity contribution in [2.45, 2.75) is 76.7 Å². The third-order valence-corrected chi connectivity index (χ3v) is 6.80. The molecule has 1 nitrogen and oxygen atoms in total. The van der Waals surface area contributed by atoms with Crippen LogP contribution in [0.5, 0.6) is 0 Å². The van der Waals surface area contributed by atoms with Gasteiger partial charge < -0.3 is 5.73 Å². The van der Waals surface area contributed by atoms with E-state index in [0.29, 0.717) is 5.92 Å². The number of hydrogen-bond acceptors (Lipinski definition) is 1. The quantitative estimate of drug-likeness (QED) is 0.157. The molecule has 0 aromatic heterocycles. The van der Waals surface area contributed by atoms with Crippen molar-refractivity contribution in [1.82, 2.24) is 0 Å². The van der Waals surface area contributed by atoms with E-state index < -0.39 is 0 Å². The number of nitrogens with two attached hydrogens (primary N) is 1. The van der Waals surface area contributed by atoms with Crippen molar-refractivity contribution >= 4 is 24.0 Å². The van der Waals surface area contributed by atoms with E-state index in [1.54, 1.807) is 0 Å². The lowest BCUT2D eigenvalue weighted by atomic mass is 9.71. The molecule has 2 N–H and O–H groups in total. The SMILES string of the molecule is CCCCCCCCC(Cc1ccccc1)C(N)(Cc1ccccc1)Cc1ccccc1.I. The van der Waals surface area contributed by atoms with Gasteiger partial charge in [-0.25, -0.2) is 0 Å². The van der Waals surface area contributed by atoms with E-state index in [-0.39, 0.29) is 29.5 Å². The molecule has 2 heteroatoms. The summed E-state index contributed by atoms with van der Waals surface area (Å²) in [6.07, 6.45) is 12.0. The number of unbranched alkanes of at least 4 members (excludes halogenated alkanes) is 5. The summed E-state index contributed by atoms with van der Waals surface area (Å²) in [6.45, 7) is 2.28. The fourth-order valence-electron chi connectivity index (χ4n) is 4.97. The highest BCUT2D eigenvalue weighted by atomic mass is 127. The molecular formula is C31H42IN. The lowest BCUT2D eigenvalue weighted by Gasteiger charge is -2.39. The van der Waals surface area contributed by atoms with Gasteiger partial charge in [0.25, 0.3) is 0 Å². The van der Waals surface area contributed by atoms with E-state index in [4.69, 9.17) is 5.73 Å². The van der Waals surface area contributed by atoms with Crippen LogP contribution in [0.15, 0.2) is 91.0 Å². The second kappa shape index (κ2) is 15.3. The smallest absolute Gasteiger partial charge is 0.0267 e. The summed E-state index contributed by atoms with van der Waals surface area (Å²) in [5, 5.41) is 0. The Hall–Kier alpha value is -1.65. The maximum absolute atomic E-state index is 7.42. The summed E-state index contributed by atoms with van der Waals surface area (Å²) in [5.41, 5.74) is 11.2. The standard InChI is InChI=1S/C31H41N.HI/c1-2-3-4-5-6-16-23-30(24-27-17-10-7-11-18-27)31(32,25-28-19-12-8-13-20-28)26-29-21-14-9-15-22-29;/h7-15,17-22,30H,2-6,16,23-26,32H2,1H3;1H. The minimum Gasteiger partial charge on any atom is -0.324 e. The highest BCUT2D eigenvalue weighted by Gasteiger charge is 2.35. The van der Waals surface area contributed by atoms with Crippen LogP contribution in [0.2, 0.25) is 0 Å². The Morgan fingerprint density at radius 3 is 1.52 bits per heavy atom. The molecule has 0 aliphatic rings. The minimum absolute atomic E-state index is 0. The molecule has 33 heavy (non-hydrogen) atoms. The van der Waals surface area contributed by atoms with Crippen molar-refractivity contribution in [1.29, 1.82) is 0 Å². The van der Waals surface area contributed by atoms with E-state index in [0.717, 1.165) is 19.3 Å². The van der Waals surface area contributed by atoms with E-state index in [1.165, 1.54) is 61.6 Å². The van der Waals surface area contributed by atoms with Crippen LogP contribution >= 0.6 is 24.0 Å². The topological polar surface area (TPSA) is 26.0 Å². The zero-order chi connectivity index (χ0) is 22.5. The molecule has 0 fully saturated rings. The minimum atomic E-state index is -0.276. The average Bonchev–Trinajstić information content (AvgIpc) is 2.82.